The van der Waals surface area contributed by atoms with Gasteiger partial charge in [-0.15, -0.1) is 0 Å². The van der Waals surface area contributed by atoms with E-state index in [-0.39, 0.29) is 17.9 Å². The predicted octanol–water partition coefficient (Wildman–Crippen LogP) is 1.80. The molecule has 2 aromatic carbocycles. The van der Waals surface area contributed by atoms with Crippen LogP contribution in [0.2, 0.25) is 0 Å². The van der Waals surface area contributed by atoms with Gasteiger partial charge < -0.3 is 11.1 Å². The van der Waals surface area contributed by atoms with Crippen LogP contribution in [0.3, 0.4) is 0 Å². The van der Waals surface area contributed by atoms with Crippen LogP contribution in [0.1, 0.15) is 12.0 Å². The highest BCUT2D eigenvalue weighted by atomic mass is 16.2. The van der Waals surface area contributed by atoms with Gasteiger partial charge in [0.25, 0.3) is 0 Å². The van der Waals surface area contributed by atoms with E-state index in [2.05, 4.69) is 29.6 Å². The van der Waals surface area contributed by atoms with Crippen molar-refractivity contribution in [3.63, 3.8) is 0 Å². The highest BCUT2D eigenvalue weighted by Crippen LogP contribution is 2.28. The molecule has 2 atom stereocenters. The lowest BCUT2D eigenvalue weighted by molar-refractivity contribution is -0.122. The van der Waals surface area contributed by atoms with Crippen LogP contribution >= 0.6 is 0 Å². The molecule has 1 aliphatic rings. The van der Waals surface area contributed by atoms with E-state index in [0.717, 1.165) is 12.0 Å². The van der Waals surface area contributed by atoms with Crippen LogP contribution in [0, 0.1) is 5.92 Å². The Morgan fingerprint density at radius 1 is 1.22 bits per heavy atom. The summed E-state index contributed by atoms with van der Waals surface area (Å²) in [5, 5.41) is 5.36. The number of benzene rings is 2. The van der Waals surface area contributed by atoms with Crippen molar-refractivity contribution in [2.75, 3.05) is 0 Å². The van der Waals surface area contributed by atoms with Crippen molar-refractivity contribution >= 4 is 16.7 Å². The summed E-state index contributed by atoms with van der Waals surface area (Å²) in [6, 6.07) is 14.4. The van der Waals surface area contributed by atoms with E-state index >= 15 is 0 Å². The molecular formula is C15H16N2O. The molecule has 0 bridgehead atoms. The summed E-state index contributed by atoms with van der Waals surface area (Å²) in [7, 11) is 0. The molecular weight excluding hydrogens is 224 g/mol. The Labute approximate surface area is 106 Å². The number of carbonyl (C=O) groups excluding carboxylic acids is 1. The summed E-state index contributed by atoms with van der Waals surface area (Å²) in [5.41, 5.74) is 6.81. The Hall–Kier alpha value is -1.87. The standard InChI is InChI=1S/C15H16N2O/c16-14-8-13(14)15(18)17-9-11-6-3-5-10-4-1-2-7-12(10)11/h1-7,13-14H,8-9,16H2,(H,17,18). The lowest BCUT2D eigenvalue weighted by Gasteiger charge is -2.08. The molecule has 1 saturated carbocycles. The fourth-order valence-corrected chi connectivity index (χ4v) is 2.28. The molecule has 3 nitrogen and oxygen atoms in total. The zero-order valence-electron chi connectivity index (χ0n) is 10.1. The average molecular weight is 240 g/mol. The number of fused-ring (bicyclic) bond motifs is 1. The fraction of sp³-hybridized carbons (Fsp3) is 0.267. The monoisotopic (exact) mass is 240 g/mol. The van der Waals surface area contributed by atoms with Crippen LogP contribution in [0.5, 0.6) is 0 Å². The van der Waals surface area contributed by atoms with Gasteiger partial charge in [-0.1, -0.05) is 42.5 Å². The van der Waals surface area contributed by atoms with E-state index in [1.54, 1.807) is 0 Å². The van der Waals surface area contributed by atoms with Gasteiger partial charge in [0.2, 0.25) is 5.91 Å². The zero-order valence-corrected chi connectivity index (χ0v) is 10.1. The van der Waals surface area contributed by atoms with Gasteiger partial charge in [-0.2, -0.15) is 0 Å². The number of hydrogen-bond acceptors (Lipinski definition) is 2. The lowest BCUT2D eigenvalue weighted by atomic mass is 10.0. The number of hydrogen-bond donors (Lipinski definition) is 2. The van der Waals surface area contributed by atoms with E-state index in [9.17, 15) is 4.79 Å². The quantitative estimate of drug-likeness (QED) is 0.859. The molecule has 92 valence electrons. The van der Waals surface area contributed by atoms with Crippen molar-refractivity contribution in [2.24, 2.45) is 11.7 Å². The molecule has 2 unspecified atom stereocenters. The third-order valence-corrected chi connectivity index (χ3v) is 3.51. The van der Waals surface area contributed by atoms with Crippen molar-refractivity contribution in [3.05, 3.63) is 48.0 Å². The SMILES string of the molecule is NC1CC1C(=O)NCc1cccc2ccccc12. The van der Waals surface area contributed by atoms with E-state index in [4.69, 9.17) is 5.73 Å². The number of carbonyl (C=O) groups is 1. The van der Waals surface area contributed by atoms with Gasteiger partial charge in [-0.05, 0) is 22.8 Å². The minimum Gasteiger partial charge on any atom is -0.352 e. The molecule has 1 aliphatic carbocycles. The maximum Gasteiger partial charge on any atom is 0.225 e. The van der Waals surface area contributed by atoms with Gasteiger partial charge in [-0.3, -0.25) is 4.79 Å². The van der Waals surface area contributed by atoms with Crippen molar-refractivity contribution < 1.29 is 4.79 Å². The van der Waals surface area contributed by atoms with Gasteiger partial charge in [0.05, 0.1) is 5.92 Å². The highest BCUT2D eigenvalue weighted by Gasteiger charge is 2.39. The van der Waals surface area contributed by atoms with Crippen molar-refractivity contribution in [2.45, 2.75) is 19.0 Å². The first-order chi connectivity index (χ1) is 8.75. The minimum atomic E-state index is 0.0278. The normalized spacial score (nSPS) is 21.8. The molecule has 18 heavy (non-hydrogen) atoms. The first-order valence-electron chi connectivity index (χ1n) is 6.25. The molecule has 0 aliphatic heterocycles. The molecule has 2 aromatic rings. The van der Waals surface area contributed by atoms with E-state index in [0.29, 0.717) is 6.54 Å². The number of nitrogens with one attached hydrogen (secondary N) is 1. The number of rotatable bonds is 3. The molecule has 0 heterocycles. The zero-order chi connectivity index (χ0) is 12.5. The fourth-order valence-electron chi connectivity index (χ4n) is 2.28. The average Bonchev–Trinajstić information content (AvgIpc) is 3.13. The maximum atomic E-state index is 11.7. The molecule has 3 heteroatoms. The molecule has 3 N–H and O–H groups in total. The van der Waals surface area contributed by atoms with Crippen molar-refractivity contribution in [3.8, 4) is 0 Å². The Morgan fingerprint density at radius 2 is 1.94 bits per heavy atom. The molecule has 0 spiro atoms. The number of amides is 1. The smallest absolute Gasteiger partial charge is 0.225 e. The molecule has 1 amide bonds. The van der Waals surface area contributed by atoms with Gasteiger partial charge in [-0.25, -0.2) is 0 Å². The van der Waals surface area contributed by atoms with Gasteiger partial charge >= 0.3 is 0 Å². The van der Waals surface area contributed by atoms with E-state index in [1.165, 1.54) is 10.8 Å². The first kappa shape index (κ1) is 11.2. The molecule has 3 rings (SSSR count). The first-order valence-corrected chi connectivity index (χ1v) is 6.25. The lowest BCUT2D eigenvalue weighted by Crippen LogP contribution is -2.27. The maximum absolute atomic E-state index is 11.7. The second kappa shape index (κ2) is 4.42. The Kier molecular flexibility index (Phi) is 2.76. The van der Waals surface area contributed by atoms with E-state index < -0.39 is 0 Å². The largest absolute Gasteiger partial charge is 0.352 e. The summed E-state index contributed by atoms with van der Waals surface area (Å²) in [4.78, 5) is 11.7. The summed E-state index contributed by atoms with van der Waals surface area (Å²) in [6.07, 6.45) is 0.821. The van der Waals surface area contributed by atoms with Crippen LogP contribution in [0.15, 0.2) is 42.5 Å². The summed E-state index contributed by atoms with van der Waals surface area (Å²) < 4.78 is 0. The topological polar surface area (TPSA) is 55.1 Å². The van der Waals surface area contributed by atoms with Crippen LogP contribution < -0.4 is 11.1 Å². The minimum absolute atomic E-state index is 0.0278. The Balaban J connectivity index is 1.76. The van der Waals surface area contributed by atoms with Crippen LogP contribution in [-0.4, -0.2) is 11.9 Å². The Morgan fingerprint density at radius 3 is 2.72 bits per heavy atom. The number of nitrogens with two attached hydrogens (primary N) is 1. The van der Waals surface area contributed by atoms with Gasteiger partial charge in [0.15, 0.2) is 0 Å². The molecule has 0 aromatic heterocycles. The van der Waals surface area contributed by atoms with Crippen molar-refractivity contribution in [1.82, 2.24) is 5.32 Å². The summed E-state index contributed by atoms with van der Waals surface area (Å²) in [5.74, 6) is 0.107. The predicted molar refractivity (Wildman–Crippen MR) is 71.9 cm³/mol. The van der Waals surface area contributed by atoms with Crippen LogP contribution in [0.25, 0.3) is 10.8 Å². The Bertz CT molecular complexity index is 589. The summed E-state index contributed by atoms with van der Waals surface area (Å²) in [6.45, 7) is 0.573. The molecule has 0 radical (unpaired) electrons. The second-order valence-electron chi connectivity index (χ2n) is 4.86. The highest BCUT2D eigenvalue weighted by molar-refractivity contribution is 5.87. The summed E-state index contributed by atoms with van der Waals surface area (Å²) >= 11 is 0. The van der Waals surface area contributed by atoms with Gasteiger partial charge in [0.1, 0.15) is 0 Å². The molecule has 0 saturated heterocycles. The van der Waals surface area contributed by atoms with E-state index in [1.807, 2.05) is 18.2 Å². The third-order valence-electron chi connectivity index (χ3n) is 3.51. The second-order valence-corrected chi connectivity index (χ2v) is 4.86. The third kappa shape index (κ3) is 2.09. The van der Waals surface area contributed by atoms with Crippen LogP contribution in [-0.2, 0) is 11.3 Å². The van der Waals surface area contributed by atoms with Gasteiger partial charge in [0, 0.05) is 12.6 Å². The van der Waals surface area contributed by atoms with Crippen LogP contribution in [0.4, 0.5) is 0 Å². The molecule has 1 fully saturated rings. The van der Waals surface area contributed by atoms with Crippen molar-refractivity contribution in [1.29, 1.82) is 0 Å².